The van der Waals surface area contributed by atoms with E-state index in [0.717, 1.165) is 21.9 Å². The molecule has 6 nitrogen and oxygen atoms in total. The Morgan fingerprint density at radius 2 is 1.76 bits per heavy atom. The van der Waals surface area contributed by atoms with E-state index in [1.807, 2.05) is 6.07 Å². The van der Waals surface area contributed by atoms with E-state index >= 15 is 0 Å². The van der Waals surface area contributed by atoms with E-state index in [-0.39, 0.29) is 22.4 Å². The van der Waals surface area contributed by atoms with Crippen molar-refractivity contribution in [2.75, 3.05) is 26.3 Å². The number of aryl methyl sites for hydroxylation is 2. The molecule has 0 aliphatic carbocycles. The van der Waals surface area contributed by atoms with E-state index in [1.54, 1.807) is 48.7 Å². The number of rotatable bonds is 6. The highest BCUT2D eigenvalue weighted by molar-refractivity contribution is 8.01. The Labute approximate surface area is 259 Å². The largest absolute Gasteiger partial charge is 0.416 e. The van der Waals surface area contributed by atoms with Crippen molar-refractivity contribution in [3.05, 3.63) is 69.0 Å². The number of carbonyl (C=O) groups excluding carboxylic acids is 1. The Kier molecular flexibility index (Phi) is 8.97. The van der Waals surface area contributed by atoms with Gasteiger partial charge in [0.05, 0.1) is 44.4 Å². The average Bonchev–Trinajstić information content (AvgIpc) is 3.49. The fraction of sp³-hybridized carbons (Fsp3) is 0.345. The van der Waals surface area contributed by atoms with Crippen LogP contribution < -0.4 is 0 Å². The van der Waals surface area contributed by atoms with Crippen LogP contribution in [0.5, 0.6) is 0 Å². The molecule has 222 valence electrons. The summed E-state index contributed by atoms with van der Waals surface area (Å²) in [5.41, 5.74) is 2.20. The van der Waals surface area contributed by atoms with E-state index in [4.69, 9.17) is 38.0 Å². The molecule has 4 aromatic rings. The second kappa shape index (κ2) is 12.2. The summed E-state index contributed by atoms with van der Waals surface area (Å²) in [5.74, 6) is -0.353. The van der Waals surface area contributed by atoms with Crippen molar-refractivity contribution in [1.82, 2.24) is 19.7 Å². The Bertz CT molecular complexity index is 1650. The Morgan fingerprint density at radius 3 is 2.40 bits per heavy atom. The van der Waals surface area contributed by atoms with Crippen LogP contribution in [-0.4, -0.2) is 57.1 Å². The molecule has 1 aliphatic heterocycles. The van der Waals surface area contributed by atoms with Crippen LogP contribution in [0.4, 0.5) is 13.2 Å². The summed E-state index contributed by atoms with van der Waals surface area (Å²) in [6.45, 7) is 8.84. The van der Waals surface area contributed by atoms with Crippen LogP contribution in [-0.2, 0) is 10.9 Å². The molecule has 0 spiro atoms. The molecule has 13 heteroatoms. The highest BCUT2D eigenvalue weighted by Crippen LogP contribution is 2.43. The predicted octanol–water partition coefficient (Wildman–Crippen LogP) is 8.58. The summed E-state index contributed by atoms with van der Waals surface area (Å²) in [5, 5.41) is 6.12. The highest BCUT2D eigenvalue weighted by atomic mass is 35.5. The molecule has 1 saturated heterocycles. The first-order chi connectivity index (χ1) is 19.8. The van der Waals surface area contributed by atoms with E-state index < -0.39 is 11.7 Å². The summed E-state index contributed by atoms with van der Waals surface area (Å²) >= 11 is 15.4. The third kappa shape index (κ3) is 6.35. The summed E-state index contributed by atoms with van der Waals surface area (Å²) in [4.78, 5) is 20.7. The maximum Gasteiger partial charge on any atom is 0.416 e. The van der Waals surface area contributed by atoms with Gasteiger partial charge in [-0.1, -0.05) is 60.5 Å². The van der Waals surface area contributed by atoms with Gasteiger partial charge in [-0.25, -0.2) is 4.98 Å². The molecule has 3 heterocycles. The van der Waals surface area contributed by atoms with Crippen molar-refractivity contribution in [2.45, 2.75) is 43.3 Å². The van der Waals surface area contributed by atoms with Gasteiger partial charge in [0.25, 0.3) is 5.91 Å². The Balaban J connectivity index is 1.74. The molecule has 0 bridgehead atoms. The van der Waals surface area contributed by atoms with Gasteiger partial charge in [0.15, 0.2) is 0 Å². The summed E-state index contributed by atoms with van der Waals surface area (Å²) in [6, 6.07) is 9.05. The lowest BCUT2D eigenvalue weighted by atomic mass is 9.97. The standard InChI is InChI=1S/C29H27Cl2F3N4O2S2/c1-15(2)41-27-24(18-5-6-21(30)22(31)14-18)35-28(42-27)38-25(26(39)37-7-9-40-10-8-37)23(17(4)36-38)19-11-16(3)12-20(13-19)29(32,33)34/h5-6,11-15H,7-10H2,1-4H3. The SMILES string of the molecule is Cc1cc(-c2c(C)nn(-c3nc(-c4ccc(Cl)c(Cl)c4)c(SC(C)C)s3)c2C(=O)N2CCOCC2)cc(C(F)(F)F)c1. The lowest BCUT2D eigenvalue weighted by Gasteiger charge is -2.27. The number of halogens is 5. The summed E-state index contributed by atoms with van der Waals surface area (Å²) in [7, 11) is 0. The molecule has 0 saturated carbocycles. The van der Waals surface area contributed by atoms with E-state index in [9.17, 15) is 18.0 Å². The Morgan fingerprint density at radius 1 is 1.05 bits per heavy atom. The van der Waals surface area contributed by atoms with Crippen molar-refractivity contribution in [3.8, 4) is 27.5 Å². The number of carbonyl (C=O) groups is 1. The number of morpholine rings is 1. The topological polar surface area (TPSA) is 60.2 Å². The maximum absolute atomic E-state index is 14.1. The molecule has 0 radical (unpaired) electrons. The molecule has 5 rings (SSSR count). The van der Waals surface area contributed by atoms with Crippen LogP contribution >= 0.6 is 46.3 Å². The smallest absolute Gasteiger partial charge is 0.378 e. The average molecular weight is 656 g/mol. The van der Waals surface area contributed by atoms with Crippen LogP contribution in [0.2, 0.25) is 10.0 Å². The van der Waals surface area contributed by atoms with Gasteiger partial charge in [0.2, 0.25) is 5.13 Å². The first kappa shape index (κ1) is 30.9. The van der Waals surface area contributed by atoms with Gasteiger partial charge in [-0.2, -0.15) is 23.0 Å². The molecule has 0 N–H and O–H groups in total. The van der Waals surface area contributed by atoms with Crippen LogP contribution in [0.1, 0.15) is 41.2 Å². The number of hydrogen-bond acceptors (Lipinski definition) is 6. The minimum atomic E-state index is -4.55. The van der Waals surface area contributed by atoms with Crippen LogP contribution in [0.25, 0.3) is 27.5 Å². The van der Waals surface area contributed by atoms with Crippen LogP contribution in [0.3, 0.4) is 0 Å². The number of alkyl halides is 3. The minimum absolute atomic E-state index is 0.156. The van der Waals surface area contributed by atoms with Crippen LogP contribution in [0, 0.1) is 13.8 Å². The van der Waals surface area contributed by atoms with Crippen molar-refractivity contribution in [3.63, 3.8) is 0 Å². The Hall–Kier alpha value is -2.57. The third-order valence-electron chi connectivity index (χ3n) is 6.56. The molecule has 1 aliphatic rings. The predicted molar refractivity (Wildman–Crippen MR) is 162 cm³/mol. The van der Waals surface area contributed by atoms with Gasteiger partial charge in [-0.15, -0.1) is 11.8 Å². The quantitative estimate of drug-likeness (QED) is 0.195. The summed E-state index contributed by atoms with van der Waals surface area (Å²) < 4.78 is 49.2. The fourth-order valence-corrected chi connectivity index (χ4v) is 7.50. The molecule has 42 heavy (non-hydrogen) atoms. The van der Waals surface area contributed by atoms with Crippen molar-refractivity contribution in [2.24, 2.45) is 0 Å². The number of nitrogens with zero attached hydrogens (tertiary/aromatic N) is 4. The molecule has 2 aromatic heterocycles. The molecule has 1 fully saturated rings. The zero-order valence-corrected chi connectivity index (χ0v) is 26.3. The zero-order valence-electron chi connectivity index (χ0n) is 23.2. The normalized spacial score (nSPS) is 14.2. The minimum Gasteiger partial charge on any atom is -0.378 e. The van der Waals surface area contributed by atoms with E-state index in [1.165, 1.54) is 16.0 Å². The highest BCUT2D eigenvalue weighted by Gasteiger charge is 2.34. The van der Waals surface area contributed by atoms with Crippen LogP contribution in [0.15, 0.2) is 40.6 Å². The zero-order chi connectivity index (χ0) is 30.3. The number of amides is 1. The molecule has 2 aromatic carbocycles. The number of aromatic nitrogens is 3. The monoisotopic (exact) mass is 654 g/mol. The maximum atomic E-state index is 14.1. The van der Waals surface area contributed by atoms with Gasteiger partial charge in [0, 0.05) is 29.5 Å². The van der Waals surface area contributed by atoms with Crippen molar-refractivity contribution < 1.29 is 22.7 Å². The van der Waals surface area contributed by atoms with Gasteiger partial charge in [0.1, 0.15) is 5.69 Å². The molecular weight excluding hydrogens is 628 g/mol. The molecular formula is C29H27Cl2F3N4O2S2. The van der Waals surface area contributed by atoms with E-state index in [0.29, 0.717) is 64.0 Å². The number of benzene rings is 2. The first-order valence-corrected chi connectivity index (χ1v) is 15.6. The molecule has 0 unspecified atom stereocenters. The van der Waals surface area contributed by atoms with E-state index in [2.05, 4.69) is 13.8 Å². The van der Waals surface area contributed by atoms with Crippen molar-refractivity contribution in [1.29, 1.82) is 0 Å². The lowest BCUT2D eigenvalue weighted by molar-refractivity contribution is -0.137. The van der Waals surface area contributed by atoms with Gasteiger partial charge < -0.3 is 9.64 Å². The lowest BCUT2D eigenvalue weighted by Crippen LogP contribution is -2.41. The number of ether oxygens (including phenoxy) is 1. The van der Waals surface area contributed by atoms with Gasteiger partial charge in [-0.3, -0.25) is 4.79 Å². The second-order valence-electron chi connectivity index (χ2n) is 10.1. The second-order valence-corrected chi connectivity index (χ2v) is 13.8. The number of thiazole rings is 1. The van der Waals surface area contributed by atoms with Crippen molar-refractivity contribution >= 4 is 52.2 Å². The number of hydrogen-bond donors (Lipinski definition) is 0. The fourth-order valence-electron chi connectivity index (χ4n) is 4.72. The third-order valence-corrected chi connectivity index (χ3v) is 9.54. The van der Waals surface area contributed by atoms with Gasteiger partial charge >= 0.3 is 6.18 Å². The molecule has 0 atom stereocenters. The summed E-state index contributed by atoms with van der Waals surface area (Å²) in [6.07, 6.45) is -4.55. The van der Waals surface area contributed by atoms with Gasteiger partial charge in [-0.05, 0) is 49.2 Å². The molecule has 1 amide bonds. The first-order valence-electron chi connectivity index (χ1n) is 13.1. The number of thioether (sulfide) groups is 1.